The lowest BCUT2D eigenvalue weighted by Gasteiger charge is -2.09. The molecule has 0 unspecified atom stereocenters. The van der Waals surface area contributed by atoms with Gasteiger partial charge in [0, 0.05) is 0 Å². The zero-order chi connectivity index (χ0) is 18.8. The highest BCUT2D eigenvalue weighted by Crippen LogP contribution is 2.23. The predicted octanol–water partition coefficient (Wildman–Crippen LogP) is 4.17. The molecule has 0 atom stereocenters. The molecule has 0 saturated carbocycles. The van der Waals surface area contributed by atoms with Crippen molar-refractivity contribution >= 4 is 17.5 Å². The van der Waals surface area contributed by atoms with Crippen molar-refractivity contribution < 1.29 is 19.1 Å². The average molecular weight is 350 g/mol. The minimum Gasteiger partial charge on any atom is -0.462 e. The van der Waals surface area contributed by atoms with Crippen LogP contribution < -0.4 is 0 Å². The third-order valence-corrected chi connectivity index (χ3v) is 3.58. The Morgan fingerprint density at radius 2 is 1.15 bits per heavy atom. The summed E-state index contributed by atoms with van der Waals surface area (Å²) in [6, 6.07) is 19.5. The molecule has 26 heavy (non-hydrogen) atoms. The molecule has 2 aromatic rings. The zero-order valence-electron chi connectivity index (χ0n) is 15.0. The fourth-order valence-electron chi connectivity index (χ4n) is 2.40. The molecule has 0 radical (unpaired) electrons. The highest BCUT2D eigenvalue weighted by Gasteiger charge is 2.20. The summed E-state index contributed by atoms with van der Waals surface area (Å²) in [6.45, 7) is 3.75. The Bertz CT molecular complexity index is 728. The summed E-state index contributed by atoms with van der Waals surface area (Å²) in [5, 5.41) is 0. The van der Waals surface area contributed by atoms with E-state index in [-0.39, 0.29) is 18.8 Å². The first-order valence-corrected chi connectivity index (χ1v) is 8.54. The van der Waals surface area contributed by atoms with E-state index in [1.54, 1.807) is 19.9 Å². The van der Waals surface area contributed by atoms with Crippen LogP contribution in [0.15, 0.2) is 78.4 Å². The molecule has 134 valence electrons. The Morgan fingerprint density at radius 1 is 0.731 bits per heavy atom. The molecule has 4 heteroatoms. The molecule has 0 bridgehead atoms. The Hall–Kier alpha value is -3.14. The first-order chi connectivity index (χ1) is 12.7. The minimum atomic E-state index is -0.692. The number of carbonyl (C=O) groups excluding carboxylic acids is 2. The van der Waals surface area contributed by atoms with Crippen LogP contribution in [-0.2, 0) is 19.1 Å². The van der Waals surface area contributed by atoms with E-state index in [4.69, 9.17) is 9.47 Å². The molecule has 0 aromatic heterocycles. The van der Waals surface area contributed by atoms with Crippen LogP contribution in [0.4, 0.5) is 0 Å². The molecule has 0 aliphatic rings. The van der Waals surface area contributed by atoms with Crippen LogP contribution in [-0.4, -0.2) is 25.2 Å². The van der Waals surface area contributed by atoms with Gasteiger partial charge in [0.25, 0.3) is 0 Å². The lowest BCUT2D eigenvalue weighted by molar-refractivity contribution is -0.146. The molecule has 0 heterocycles. The van der Waals surface area contributed by atoms with Crippen molar-refractivity contribution in [3.8, 4) is 0 Å². The SMILES string of the molecule is CCOC(=O)C(=CC=C(c1ccccc1)c1ccccc1)C(=O)OCC. The third kappa shape index (κ3) is 5.18. The number of carbonyl (C=O) groups is 2. The molecular weight excluding hydrogens is 328 g/mol. The molecule has 4 nitrogen and oxygen atoms in total. The first kappa shape index (κ1) is 19.2. The van der Waals surface area contributed by atoms with E-state index >= 15 is 0 Å². The molecule has 0 aliphatic carbocycles. The van der Waals surface area contributed by atoms with Crippen molar-refractivity contribution in [2.24, 2.45) is 0 Å². The van der Waals surface area contributed by atoms with Crippen molar-refractivity contribution in [3.63, 3.8) is 0 Å². The summed E-state index contributed by atoms with van der Waals surface area (Å²) in [6.07, 6.45) is 3.21. The fourth-order valence-corrected chi connectivity index (χ4v) is 2.40. The average Bonchev–Trinajstić information content (AvgIpc) is 2.67. The molecule has 2 aromatic carbocycles. The number of allylic oxidation sites excluding steroid dienone is 2. The second-order valence-corrected chi connectivity index (χ2v) is 5.33. The topological polar surface area (TPSA) is 52.6 Å². The van der Waals surface area contributed by atoms with Crippen LogP contribution in [0.5, 0.6) is 0 Å². The van der Waals surface area contributed by atoms with Crippen molar-refractivity contribution in [2.75, 3.05) is 13.2 Å². The summed E-state index contributed by atoms with van der Waals surface area (Å²) < 4.78 is 9.96. The number of ether oxygens (including phenoxy) is 2. The summed E-state index contributed by atoms with van der Waals surface area (Å²) in [7, 11) is 0. The van der Waals surface area contributed by atoms with Crippen LogP contribution in [0.1, 0.15) is 25.0 Å². The van der Waals surface area contributed by atoms with Gasteiger partial charge < -0.3 is 9.47 Å². The lowest BCUT2D eigenvalue weighted by Crippen LogP contribution is -2.18. The number of hydrogen-bond donors (Lipinski definition) is 0. The maximum Gasteiger partial charge on any atom is 0.345 e. The largest absolute Gasteiger partial charge is 0.462 e. The minimum absolute atomic E-state index is 0.127. The van der Waals surface area contributed by atoms with Gasteiger partial charge in [-0.25, -0.2) is 9.59 Å². The van der Waals surface area contributed by atoms with Gasteiger partial charge >= 0.3 is 11.9 Å². The number of hydrogen-bond acceptors (Lipinski definition) is 4. The van der Waals surface area contributed by atoms with Crippen LogP contribution in [0.3, 0.4) is 0 Å². The fraction of sp³-hybridized carbons (Fsp3) is 0.182. The summed E-state index contributed by atoms with van der Waals surface area (Å²) in [4.78, 5) is 24.2. The van der Waals surface area contributed by atoms with Crippen LogP contribution >= 0.6 is 0 Å². The Kier molecular flexibility index (Phi) is 7.37. The molecule has 0 N–H and O–H groups in total. The van der Waals surface area contributed by atoms with E-state index in [1.165, 1.54) is 6.08 Å². The van der Waals surface area contributed by atoms with Crippen molar-refractivity contribution in [3.05, 3.63) is 89.5 Å². The predicted molar refractivity (Wildman–Crippen MR) is 101 cm³/mol. The highest BCUT2D eigenvalue weighted by atomic mass is 16.6. The second kappa shape index (κ2) is 9.99. The van der Waals surface area contributed by atoms with Gasteiger partial charge in [-0.3, -0.25) is 0 Å². The quantitative estimate of drug-likeness (QED) is 0.247. The number of rotatable bonds is 7. The van der Waals surface area contributed by atoms with E-state index in [1.807, 2.05) is 60.7 Å². The summed E-state index contributed by atoms with van der Waals surface area (Å²) in [5.74, 6) is -1.38. The van der Waals surface area contributed by atoms with Gasteiger partial charge in [0.1, 0.15) is 5.57 Å². The normalized spacial score (nSPS) is 9.77. The van der Waals surface area contributed by atoms with Gasteiger partial charge in [0.15, 0.2) is 0 Å². The smallest absolute Gasteiger partial charge is 0.345 e. The standard InChI is InChI=1S/C22H22O4/c1-3-25-21(23)20(22(24)26-4-2)16-15-19(17-11-7-5-8-12-17)18-13-9-6-10-14-18/h5-16H,3-4H2,1-2H3. The van der Waals surface area contributed by atoms with Gasteiger partial charge in [-0.05, 0) is 36.6 Å². The molecule has 0 amide bonds. The molecule has 0 aliphatic heterocycles. The number of benzene rings is 2. The van der Waals surface area contributed by atoms with Gasteiger partial charge in [-0.2, -0.15) is 0 Å². The van der Waals surface area contributed by atoms with Gasteiger partial charge in [0.05, 0.1) is 13.2 Å². The van der Waals surface area contributed by atoms with E-state index in [0.717, 1.165) is 16.7 Å². The van der Waals surface area contributed by atoms with Gasteiger partial charge in [-0.1, -0.05) is 66.7 Å². The maximum atomic E-state index is 12.1. The number of esters is 2. The van der Waals surface area contributed by atoms with Gasteiger partial charge in [-0.15, -0.1) is 0 Å². The second-order valence-electron chi connectivity index (χ2n) is 5.33. The third-order valence-electron chi connectivity index (χ3n) is 3.58. The van der Waals surface area contributed by atoms with Crippen LogP contribution in [0.2, 0.25) is 0 Å². The lowest BCUT2D eigenvalue weighted by atomic mass is 9.97. The first-order valence-electron chi connectivity index (χ1n) is 8.54. The zero-order valence-corrected chi connectivity index (χ0v) is 15.0. The monoisotopic (exact) mass is 350 g/mol. The van der Waals surface area contributed by atoms with E-state index in [0.29, 0.717) is 0 Å². The van der Waals surface area contributed by atoms with Gasteiger partial charge in [0.2, 0.25) is 0 Å². The summed E-state index contributed by atoms with van der Waals surface area (Å²) >= 11 is 0. The van der Waals surface area contributed by atoms with Crippen molar-refractivity contribution in [1.82, 2.24) is 0 Å². The molecule has 0 spiro atoms. The summed E-state index contributed by atoms with van der Waals surface area (Å²) in [5.41, 5.74) is 2.71. The maximum absolute atomic E-state index is 12.1. The van der Waals surface area contributed by atoms with E-state index in [2.05, 4.69) is 0 Å². The van der Waals surface area contributed by atoms with Crippen molar-refractivity contribution in [2.45, 2.75) is 13.8 Å². The molecular formula is C22H22O4. The van der Waals surface area contributed by atoms with E-state index in [9.17, 15) is 9.59 Å². The van der Waals surface area contributed by atoms with E-state index < -0.39 is 11.9 Å². The van der Waals surface area contributed by atoms with Crippen molar-refractivity contribution in [1.29, 1.82) is 0 Å². The van der Waals surface area contributed by atoms with Crippen LogP contribution in [0.25, 0.3) is 5.57 Å². The Morgan fingerprint density at radius 3 is 1.54 bits per heavy atom. The van der Waals surface area contributed by atoms with Crippen LogP contribution in [0, 0.1) is 0 Å². The molecule has 0 fully saturated rings. The Balaban J connectivity index is 2.50. The molecule has 0 saturated heterocycles. The highest BCUT2D eigenvalue weighted by molar-refractivity contribution is 6.14. The molecule has 2 rings (SSSR count). The Labute approximate surface area is 153 Å².